The van der Waals surface area contributed by atoms with Gasteiger partial charge in [-0.3, -0.25) is 0 Å². The molecule has 0 spiro atoms. The fourth-order valence-electron chi connectivity index (χ4n) is 2.36. The maximum Gasteiger partial charge on any atom is 0.339 e. The first kappa shape index (κ1) is 18.7. The molecule has 1 aromatic heterocycles. The molecule has 130 valence electrons. The summed E-state index contributed by atoms with van der Waals surface area (Å²) in [5, 5.41) is 9.90. The minimum absolute atomic E-state index is 0.0444. The molecule has 0 saturated heterocycles. The Labute approximate surface area is 146 Å². The van der Waals surface area contributed by atoms with Gasteiger partial charge in [0.25, 0.3) is 0 Å². The van der Waals surface area contributed by atoms with Crippen molar-refractivity contribution < 1.29 is 18.3 Å². The molecule has 0 radical (unpaired) electrons. The van der Waals surface area contributed by atoms with Crippen molar-refractivity contribution in [2.24, 2.45) is 0 Å². The van der Waals surface area contributed by atoms with Crippen molar-refractivity contribution in [1.29, 1.82) is 5.26 Å². The van der Waals surface area contributed by atoms with Gasteiger partial charge in [0.05, 0.1) is 26.4 Å². The number of carbonyl (C=O) groups is 1. The fourth-order valence-corrected chi connectivity index (χ4v) is 3.51. The molecule has 0 bridgehead atoms. The number of benzene rings is 1. The zero-order valence-corrected chi connectivity index (χ0v) is 15.5. The molecule has 1 aromatic carbocycles. The van der Waals surface area contributed by atoms with E-state index in [0.717, 1.165) is 18.4 Å². The molecule has 0 amide bonds. The molecule has 25 heavy (non-hydrogen) atoms. The lowest BCUT2D eigenvalue weighted by atomic mass is 10.0. The number of nitriles is 1. The third kappa shape index (κ3) is 4.09. The van der Waals surface area contributed by atoms with Crippen molar-refractivity contribution in [3.8, 4) is 6.07 Å². The third-order valence-corrected chi connectivity index (χ3v) is 5.89. The van der Waals surface area contributed by atoms with E-state index >= 15 is 0 Å². The van der Waals surface area contributed by atoms with Crippen LogP contribution in [0.2, 0.25) is 19.6 Å². The number of hydrogen-bond acceptors (Lipinski definition) is 4. The van der Waals surface area contributed by atoms with Crippen LogP contribution in [0.3, 0.4) is 0 Å². The highest BCUT2D eigenvalue weighted by molar-refractivity contribution is 6.88. The summed E-state index contributed by atoms with van der Waals surface area (Å²) in [6, 6.07) is 7.52. The number of rotatable bonds is 4. The van der Waals surface area contributed by atoms with Crippen LogP contribution in [0.1, 0.15) is 27.3 Å². The van der Waals surface area contributed by atoms with Crippen molar-refractivity contribution in [2.45, 2.75) is 26.1 Å². The van der Waals surface area contributed by atoms with Crippen molar-refractivity contribution in [1.82, 2.24) is 4.98 Å². The van der Waals surface area contributed by atoms with E-state index in [2.05, 4.69) is 29.4 Å². The van der Waals surface area contributed by atoms with Gasteiger partial charge >= 0.3 is 5.97 Å². The fraction of sp³-hybridized carbons (Fsp3) is 0.278. The Hall–Kier alpha value is -2.59. The summed E-state index contributed by atoms with van der Waals surface area (Å²) in [7, 11) is -0.501. The summed E-state index contributed by atoms with van der Waals surface area (Å²) in [5.41, 5.74) is -0.144. The van der Waals surface area contributed by atoms with Crippen LogP contribution in [-0.4, -0.2) is 26.1 Å². The Morgan fingerprint density at radius 2 is 1.92 bits per heavy atom. The summed E-state index contributed by atoms with van der Waals surface area (Å²) in [6.45, 7) is 6.33. The zero-order valence-electron chi connectivity index (χ0n) is 14.5. The maximum absolute atomic E-state index is 14.5. The molecule has 0 atom stereocenters. The van der Waals surface area contributed by atoms with Crippen LogP contribution in [0.5, 0.6) is 0 Å². The molecule has 0 aliphatic rings. The first-order chi connectivity index (χ1) is 11.7. The van der Waals surface area contributed by atoms with Crippen molar-refractivity contribution >= 4 is 19.2 Å². The van der Waals surface area contributed by atoms with Crippen LogP contribution in [-0.2, 0) is 11.2 Å². The summed E-state index contributed by atoms with van der Waals surface area (Å²) in [4.78, 5) is 15.7. The van der Waals surface area contributed by atoms with Gasteiger partial charge in [-0.05, 0) is 17.7 Å². The van der Waals surface area contributed by atoms with Gasteiger partial charge in [-0.2, -0.15) is 5.26 Å². The van der Waals surface area contributed by atoms with E-state index in [4.69, 9.17) is 5.26 Å². The van der Waals surface area contributed by atoms with Gasteiger partial charge < -0.3 is 4.74 Å². The van der Waals surface area contributed by atoms with Crippen molar-refractivity contribution in [3.63, 3.8) is 0 Å². The molecule has 1 heterocycles. The number of pyridine rings is 1. The number of ether oxygens (including phenoxy) is 1. The number of hydrogen-bond donors (Lipinski definition) is 0. The summed E-state index contributed by atoms with van der Waals surface area (Å²) < 4.78 is 32.9. The summed E-state index contributed by atoms with van der Waals surface area (Å²) >= 11 is 0. The van der Waals surface area contributed by atoms with Gasteiger partial charge in [0.15, 0.2) is 11.5 Å². The van der Waals surface area contributed by atoms with E-state index in [1.165, 1.54) is 6.07 Å². The number of esters is 1. The molecule has 0 aliphatic heterocycles. The van der Waals surface area contributed by atoms with Crippen LogP contribution < -0.4 is 5.19 Å². The molecular formula is C18H18F2N2O2Si. The second-order valence-corrected chi connectivity index (χ2v) is 11.7. The highest BCUT2D eigenvalue weighted by Crippen LogP contribution is 2.19. The van der Waals surface area contributed by atoms with Crippen molar-refractivity contribution in [2.75, 3.05) is 7.11 Å². The van der Waals surface area contributed by atoms with Crippen LogP contribution in [0.25, 0.3) is 0 Å². The summed E-state index contributed by atoms with van der Waals surface area (Å²) in [6.07, 6.45) is -0.0444. The van der Waals surface area contributed by atoms with E-state index in [9.17, 15) is 13.6 Å². The van der Waals surface area contributed by atoms with Crippen LogP contribution in [0, 0.1) is 23.0 Å². The van der Waals surface area contributed by atoms with Gasteiger partial charge in [-0.25, -0.2) is 18.6 Å². The molecule has 0 N–H and O–H groups in total. The normalized spacial score (nSPS) is 11.1. The quantitative estimate of drug-likeness (QED) is 0.621. The first-order valence-corrected chi connectivity index (χ1v) is 11.1. The minimum atomic E-state index is -1.66. The van der Waals surface area contributed by atoms with Gasteiger partial charge in [0.2, 0.25) is 0 Å². The lowest BCUT2D eigenvalue weighted by molar-refractivity contribution is 0.0598. The highest BCUT2D eigenvalue weighted by Gasteiger charge is 2.21. The Kier molecular flexibility index (Phi) is 5.33. The lowest BCUT2D eigenvalue weighted by Gasteiger charge is -2.17. The van der Waals surface area contributed by atoms with E-state index in [0.29, 0.717) is 5.56 Å². The highest BCUT2D eigenvalue weighted by atomic mass is 28.3. The van der Waals surface area contributed by atoms with Crippen LogP contribution in [0.15, 0.2) is 24.3 Å². The molecule has 7 heteroatoms. The monoisotopic (exact) mass is 360 g/mol. The van der Waals surface area contributed by atoms with E-state index in [-0.39, 0.29) is 17.7 Å². The number of carbonyl (C=O) groups excluding carboxylic acids is 1. The molecule has 0 aliphatic carbocycles. The second kappa shape index (κ2) is 7.11. The molecule has 0 unspecified atom stereocenters. The zero-order chi connectivity index (χ0) is 18.8. The Balaban J connectivity index is 2.49. The maximum atomic E-state index is 14.5. The Morgan fingerprint density at radius 1 is 1.24 bits per heavy atom. The largest absolute Gasteiger partial charge is 0.465 e. The lowest BCUT2D eigenvalue weighted by Crippen LogP contribution is -2.37. The standard InChI is InChI=1S/C18H18F2N2O2Si/c1-24-18(23)13-9-15(20)17(10-21)22-16(13)7-11-5-6-12(8-14(11)19)25(2,3)4/h5-6,8-9H,7H2,1-4H3. The summed E-state index contributed by atoms with van der Waals surface area (Å²) in [5.74, 6) is -2.12. The molecule has 0 saturated carbocycles. The molecule has 4 nitrogen and oxygen atoms in total. The average Bonchev–Trinajstić information content (AvgIpc) is 2.56. The molecular weight excluding hydrogens is 342 g/mol. The van der Waals surface area contributed by atoms with E-state index < -0.39 is 31.4 Å². The predicted octanol–water partition coefficient (Wildman–Crippen LogP) is 3.15. The number of halogens is 2. The number of methoxy groups -OCH3 is 1. The second-order valence-electron chi connectivity index (χ2n) is 6.65. The molecule has 2 aromatic rings. The van der Waals surface area contributed by atoms with Gasteiger partial charge in [-0.1, -0.05) is 37.0 Å². The van der Waals surface area contributed by atoms with E-state index in [1.54, 1.807) is 12.1 Å². The molecule has 0 fully saturated rings. The third-order valence-electron chi connectivity index (χ3n) is 3.84. The van der Waals surface area contributed by atoms with E-state index in [1.807, 2.05) is 6.07 Å². The number of aromatic nitrogens is 1. The van der Waals surface area contributed by atoms with Gasteiger partial charge in [0.1, 0.15) is 11.9 Å². The first-order valence-electron chi connectivity index (χ1n) is 7.64. The SMILES string of the molecule is COC(=O)c1cc(F)c(C#N)nc1Cc1ccc([Si](C)(C)C)cc1F. The Morgan fingerprint density at radius 3 is 2.44 bits per heavy atom. The topological polar surface area (TPSA) is 63.0 Å². The molecule has 2 rings (SSSR count). The number of nitrogens with zero attached hydrogens (tertiary/aromatic N) is 2. The van der Waals surface area contributed by atoms with Gasteiger partial charge in [0, 0.05) is 6.42 Å². The smallest absolute Gasteiger partial charge is 0.339 e. The predicted molar refractivity (Wildman–Crippen MR) is 92.4 cm³/mol. The van der Waals surface area contributed by atoms with Gasteiger partial charge in [-0.15, -0.1) is 0 Å². The van der Waals surface area contributed by atoms with Crippen molar-refractivity contribution in [3.05, 3.63) is 58.4 Å². The van der Waals surface area contributed by atoms with Crippen LogP contribution >= 0.6 is 0 Å². The Bertz CT molecular complexity index is 871. The average molecular weight is 360 g/mol. The minimum Gasteiger partial charge on any atom is -0.465 e. The van der Waals surface area contributed by atoms with Crippen LogP contribution in [0.4, 0.5) is 8.78 Å².